The van der Waals surface area contributed by atoms with E-state index in [1.54, 1.807) is 0 Å². The van der Waals surface area contributed by atoms with Crippen LogP contribution in [0.3, 0.4) is 0 Å². The SMILES string of the molecule is COCCn1c(N)c(C(=O)CSc2ccc(S(=O)(=O)N3CCCCC3)cn2)c(=O)[nH]c1=O. The summed E-state index contributed by atoms with van der Waals surface area (Å²) in [4.78, 5) is 43.0. The molecule has 0 atom stereocenters. The number of H-pyrrole nitrogens is 1. The first kappa shape index (κ1) is 24.2. The number of sulfonamides is 1. The van der Waals surface area contributed by atoms with Crippen LogP contribution >= 0.6 is 11.8 Å². The maximum Gasteiger partial charge on any atom is 0.330 e. The van der Waals surface area contributed by atoms with E-state index in [0.717, 1.165) is 35.6 Å². The lowest BCUT2D eigenvalue weighted by Gasteiger charge is -2.25. The highest BCUT2D eigenvalue weighted by atomic mass is 32.2. The molecule has 0 unspecified atom stereocenters. The first-order chi connectivity index (χ1) is 15.3. The number of nitrogens with two attached hydrogens (primary N) is 1. The van der Waals surface area contributed by atoms with Crippen molar-refractivity contribution in [2.24, 2.45) is 0 Å². The number of pyridine rings is 1. The van der Waals surface area contributed by atoms with E-state index >= 15 is 0 Å². The molecular formula is C19H25N5O6S2. The number of carbonyl (C=O) groups excluding carboxylic acids is 1. The van der Waals surface area contributed by atoms with Crippen LogP contribution < -0.4 is 17.0 Å². The lowest BCUT2D eigenvalue weighted by molar-refractivity contribution is 0.102. The van der Waals surface area contributed by atoms with Crippen LogP contribution in [-0.4, -0.2) is 65.6 Å². The van der Waals surface area contributed by atoms with Crippen molar-refractivity contribution in [3.05, 3.63) is 44.7 Å². The van der Waals surface area contributed by atoms with Crippen molar-refractivity contribution in [1.82, 2.24) is 18.8 Å². The molecule has 32 heavy (non-hydrogen) atoms. The second-order valence-corrected chi connectivity index (χ2v) is 10.1. The second kappa shape index (κ2) is 10.4. The van der Waals surface area contributed by atoms with Crippen molar-refractivity contribution in [2.45, 2.75) is 35.7 Å². The fourth-order valence-electron chi connectivity index (χ4n) is 3.33. The predicted octanol–water partition coefficient (Wildman–Crippen LogP) is 0.310. The summed E-state index contributed by atoms with van der Waals surface area (Å²) in [6, 6.07) is 2.97. The molecule has 1 aliphatic heterocycles. The summed E-state index contributed by atoms with van der Waals surface area (Å²) >= 11 is 1.03. The standard InChI is InChI=1S/C19H25N5O6S2/c1-30-10-9-24-17(20)16(18(26)22-19(24)27)14(25)12-31-15-6-5-13(11-21-15)32(28,29)23-7-3-2-4-8-23/h5-6,11H,2-4,7-10,12,20H2,1H3,(H,22,26,27). The van der Waals surface area contributed by atoms with Gasteiger partial charge in [-0.2, -0.15) is 4.31 Å². The molecule has 1 aliphatic rings. The van der Waals surface area contributed by atoms with E-state index < -0.39 is 27.1 Å². The number of hydrogen-bond acceptors (Lipinski definition) is 9. The third-order valence-corrected chi connectivity index (χ3v) is 7.88. The molecule has 0 amide bonds. The first-order valence-electron chi connectivity index (χ1n) is 9.99. The highest BCUT2D eigenvalue weighted by Crippen LogP contribution is 2.23. The molecule has 0 aromatic carbocycles. The Balaban J connectivity index is 1.71. The number of hydrogen-bond donors (Lipinski definition) is 2. The number of aromatic amines is 1. The Hall–Kier alpha value is -2.48. The van der Waals surface area contributed by atoms with Crippen molar-refractivity contribution in [2.75, 3.05) is 38.3 Å². The third kappa shape index (κ3) is 5.28. The maximum atomic E-state index is 12.7. The fraction of sp³-hybridized carbons (Fsp3) is 0.474. The summed E-state index contributed by atoms with van der Waals surface area (Å²) in [5.74, 6) is -0.967. The molecule has 11 nitrogen and oxygen atoms in total. The Bertz CT molecular complexity index is 1180. The van der Waals surface area contributed by atoms with Crippen LogP contribution in [0, 0.1) is 0 Å². The molecule has 0 saturated carbocycles. The molecule has 0 radical (unpaired) electrons. The van der Waals surface area contributed by atoms with Crippen molar-refractivity contribution >= 4 is 33.4 Å². The highest BCUT2D eigenvalue weighted by molar-refractivity contribution is 7.99. The lowest BCUT2D eigenvalue weighted by atomic mass is 10.2. The summed E-state index contributed by atoms with van der Waals surface area (Å²) in [7, 11) is -2.14. The molecule has 2 aromatic heterocycles. The predicted molar refractivity (Wildman–Crippen MR) is 120 cm³/mol. The number of aromatic nitrogens is 3. The second-order valence-electron chi connectivity index (χ2n) is 7.17. The van der Waals surface area contributed by atoms with E-state index in [4.69, 9.17) is 10.5 Å². The zero-order valence-electron chi connectivity index (χ0n) is 17.6. The third-order valence-electron chi connectivity index (χ3n) is 5.05. The van der Waals surface area contributed by atoms with Gasteiger partial charge in [-0.1, -0.05) is 18.2 Å². The molecule has 3 N–H and O–H groups in total. The molecule has 0 bridgehead atoms. The summed E-state index contributed by atoms with van der Waals surface area (Å²) in [6.45, 7) is 1.25. The summed E-state index contributed by atoms with van der Waals surface area (Å²) in [5, 5.41) is 0.415. The zero-order chi connectivity index (χ0) is 23.3. The van der Waals surface area contributed by atoms with Crippen molar-refractivity contribution in [3.8, 4) is 0 Å². The molecule has 3 heterocycles. The van der Waals surface area contributed by atoms with Gasteiger partial charge < -0.3 is 10.5 Å². The quantitative estimate of drug-likeness (QED) is 0.378. The lowest BCUT2D eigenvalue weighted by Crippen LogP contribution is -2.37. The molecule has 13 heteroatoms. The normalized spacial score (nSPS) is 15.0. The van der Waals surface area contributed by atoms with Crippen molar-refractivity contribution < 1.29 is 17.9 Å². The number of Topliss-reactive ketones (excluding diaryl/α,β-unsaturated/α-hetero) is 1. The average Bonchev–Trinajstić information content (AvgIpc) is 2.78. The fourth-order valence-corrected chi connectivity index (χ4v) is 5.51. The number of carbonyl (C=O) groups is 1. The Labute approximate surface area is 189 Å². The van der Waals surface area contributed by atoms with Crippen molar-refractivity contribution in [1.29, 1.82) is 0 Å². The van der Waals surface area contributed by atoms with Crippen LogP contribution in [-0.2, 0) is 21.3 Å². The molecule has 1 fully saturated rings. The number of piperidine rings is 1. The number of methoxy groups -OCH3 is 1. The number of ketones is 1. The number of rotatable bonds is 9. The van der Waals surface area contributed by atoms with Gasteiger partial charge in [-0.25, -0.2) is 18.2 Å². The number of ether oxygens (including phenoxy) is 1. The smallest absolute Gasteiger partial charge is 0.330 e. The van der Waals surface area contributed by atoms with Crippen LogP contribution in [0.25, 0.3) is 0 Å². The van der Waals surface area contributed by atoms with Gasteiger partial charge in [0.1, 0.15) is 16.3 Å². The molecule has 2 aromatic rings. The van der Waals surface area contributed by atoms with Crippen molar-refractivity contribution in [3.63, 3.8) is 0 Å². The van der Waals surface area contributed by atoms with Crippen LogP contribution in [0.2, 0.25) is 0 Å². The number of nitrogens with zero attached hydrogens (tertiary/aromatic N) is 3. The zero-order valence-corrected chi connectivity index (χ0v) is 19.2. The van der Waals surface area contributed by atoms with Gasteiger partial charge in [-0.05, 0) is 25.0 Å². The van der Waals surface area contributed by atoms with E-state index in [0.29, 0.717) is 18.1 Å². The number of nitrogens with one attached hydrogen (secondary N) is 1. The van der Waals surface area contributed by atoms with Crippen LogP contribution in [0.5, 0.6) is 0 Å². The van der Waals surface area contributed by atoms with Gasteiger partial charge in [-0.15, -0.1) is 0 Å². The van der Waals surface area contributed by atoms with Gasteiger partial charge in [0.2, 0.25) is 10.0 Å². The average molecular weight is 484 g/mol. The maximum absolute atomic E-state index is 12.7. The molecule has 0 aliphatic carbocycles. The van der Waals surface area contributed by atoms with Gasteiger partial charge in [0.25, 0.3) is 5.56 Å². The summed E-state index contributed by atoms with van der Waals surface area (Å²) < 4.78 is 32.8. The minimum atomic E-state index is -3.59. The van der Waals surface area contributed by atoms with Crippen LogP contribution in [0.4, 0.5) is 5.82 Å². The molecular weight excluding hydrogens is 458 g/mol. The van der Waals surface area contributed by atoms with E-state index in [1.165, 1.54) is 29.7 Å². The monoisotopic (exact) mass is 483 g/mol. The molecule has 0 spiro atoms. The van der Waals surface area contributed by atoms with E-state index in [1.807, 2.05) is 0 Å². The Morgan fingerprint density at radius 1 is 1.25 bits per heavy atom. The van der Waals surface area contributed by atoms with E-state index in [9.17, 15) is 22.8 Å². The first-order valence-corrected chi connectivity index (χ1v) is 12.4. The van der Waals surface area contributed by atoms with Gasteiger partial charge >= 0.3 is 5.69 Å². The Kier molecular flexibility index (Phi) is 7.87. The highest BCUT2D eigenvalue weighted by Gasteiger charge is 2.26. The topological polar surface area (TPSA) is 157 Å². The Morgan fingerprint density at radius 2 is 1.97 bits per heavy atom. The van der Waals surface area contributed by atoms with E-state index in [-0.39, 0.29) is 35.2 Å². The van der Waals surface area contributed by atoms with Crippen LogP contribution in [0.1, 0.15) is 29.6 Å². The molecule has 3 rings (SSSR count). The number of thioether (sulfide) groups is 1. The minimum Gasteiger partial charge on any atom is -0.384 e. The minimum absolute atomic E-state index is 0.0832. The van der Waals surface area contributed by atoms with E-state index in [2.05, 4.69) is 9.97 Å². The molecule has 1 saturated heterocycles. The summed E-state index contributed by atoms with van der Waals surface area (Å²) in [6.07, 6.45) is 3.96. The molecule has 174 valence electrons. The van der Waals surface area contributed by atoms with Gasteiger partial charge in [0.15, 0.2) is 5.78 Å². The van der Waals surface area contributed by atoms with Gasteiger partial charge in [-0.3, -0.25) is 19.1 Å². The summed E-state index contributed by atoms with van der Waals surface area (Å²) in [5.41, 5.74) is 4.02. The van der Waals surface area contributed by atoms with Gasteiger partial charge in [0, 0.05) is 26.4 Å². The Morgan fingerprint density at radius 3 is 2.59 bits per heavy atom. The van der Waals surface area contributed by atoms with Gasteiger partial charge in [0.05, 0.1) is 23.9 Å². The number of anilines is 1. The largest absolute Gasteiger partial charge is 0.384 e. The number of nitrogen functional groups attached to an aromatic ring is 1. The van der Waals surface area contributed by atoms with Crippen LogP contribution in [0.15, 0.2) is 37.8 Å².